The van der Waals surface area contributed by atoms with E-state index >= 15 is 0 Å². The molecule has 6 heteroatoms. The quantitative estimate of drug-likeness (QED) is 0.391. The fourth-order valence-electron chi connectivity index (χ4n) is 6.29. The molecule has 0 aliphatic carbocycles. The minimum absolute atomic E-state index is 0.159. The number of likely N-dealkylation sites (tertiary alicyclic amines) is 2. The summed E-state index contributed by atoms with van der Waals surface area (Å²) in [5, 5.41) is 2.18. The van der Waals surface area contributed by atoms with Crippen LogP contribution in [0.15, 0.2) is 66.7 Å². The Hall–Kier alpha value is -2.02. The maximum atomic E-state index is 13.8. The Morgan fingerprint density at radius 2 is 1.61 bits per heavy atom. The van der Waals surface area contributed by atoms with Crippen molar-refractivity contribution in [3.05, 3.63) is 83.7 Å². The van der Waals surface area contributed by atoms with E-state index in [9.17, 15) is 9.18 Å². The standard InChI is InChI=1S/C30H33FN2OS2/c31-25-10-8-21(9-11-25)22-12-14-32(15-13-22)18-24-19-33(20-28(24)30-35-16-17-36-30)29(34)27-7-3-5-23-4-1-2-6-26(23)27/h1-11,22,24,28,30H,12-20H2/t24?,28-/m1/s1. The number of thioether (sulfide) groups is 2. The largest absolute Gasteiger partial charge is 0.338 e. The Morgan fingerprint density at radius 3 is 2.39 bits per heavy atom. The van der Waals surface area contributed by atoms with Crippen LogP contribution < -0.4 is 0 Å². The van der Waals surface area contributed by atoms with Crippen LogP contribution in [0, 0.1) is 17.7 Å². The highest BCUT2D eigenvalue weighted by Gasteiger charge is 2.42. The van der Waals surface area contributed by atoms with Crippen LogP contribution in [0.2, 0.25) is 0 Å². The van der Waals surface area contributed by atoms with Crippen molar-refractivity contribution in [3.63, 3.8) is 0 Å². The Bertz CT molecular complexity index is 1200. The lowest BCUT2D eigenvalue weighted by Gasteiger charge is -2.35. The summed E-state index contributed by atoms with van der Waals surface area (Å²) in [5.41, 5.74) is 2.10. The van der Waals surface area contributed by atoms with Crippen molar-refractivity contribution in [1.82, 2.24) is 9.80 Å². The monoisotopic (exact) mass is 520 g/mol. The molecule has 3 aromatic carbocycles. The van der Waals surface area contributed by atoms with E-state index in [1.54, 1.807) is 12.1 Å². The topological polar surface area (TPSA) is 23.6 Å². The van der Waals surface area contributed by atoms with Gasteiger partial charge in [-0.05, 0) is 72.3 Å². The zero-order valence-electron chi connectivity index (χ0n) is 20.5. The first-order chi connectivity index (χ1) is 17.7. The SMILES string of the molecule is O=C(c1cccc2ccccc12)N1CC(CN2CCC(c3ccc(F)cc3)CC2)[C@H](C2SCCS2)C1. The van der Waals surface area contributed by atoms with Crippen molar-refractivity contribution in [2.75, 3.05) is 44.2 Å². The molecule has 0 N–H and O–H groups in total. The van der Waals surface area contributed by atoms with E-state index < -0.39 is 0 Å². The second kappa shape index (κ2) is 10.8. The number of nitrogens with zero attached hydrogens (tertiary/aromatic N) is 2. The van der Waals surface area contributed by atoms with E-state index in [1.165, 1.54) is 17.1 Å². The van der Waals surface area contributed by atoms with E-state index in [0.29, 0.717) is 22.3 Å². The maximum Gasteiger partial charge on any atom is 0.254 e. The number of carbonyl (C=O) groups excluding carboxylic acids is 1. The molecule has 0 radical (unpaired) electrons. The van der Waals surface area contributed by atoms with Crippen LogP contribution in [0.3, 0.4) is 0 Å². The molecule has 188 valence electrons. The second-order valence-electron chi connectivity index (χ2n) is 10.4. The van der Waals surface area contributed by atoms with Gasteiger partial charge in [0.25, 0.3) is 5.91 Å². The molecule has 3 heterocycles. The number of carbonyl (C=O) groups is 1. The molecule has 3 fully saturated rings. The van der Waals surface area contributed by atoms with Gasteiger partial charge < -0.3 is 9.80 Å². The molecule has 3 nitrogen and oxygen atoms in total. The first-order valence-corrected chi connectivity index (χ1v) is 15.2. The smallest absolute Gasteiger partial charge is 0.254 e. The molecule has 1 unspecified atom stereocenters. The number of hydrogen-bond donors (Lipinski definition) is 0. The van der Waals surface area contributed by atoms with Gasteiger partial charge in [-0.3, -0.25) is 4.79 Å². The molecule has 0 spiro atoms. The number of amides is 1. The van der Waals surface area contributed by atoms with Crippen LogP contribution in [0.25, 0.3) is 10.8 Å². The lowest BCUT2D eigenvalue weighted by molar-refractivity contribution is 0.0782. The molecule has 0 bridgehead atoms. The number of halogens is 1. The van der Waals surface area contributed by atoms with Gasteiger partial charge in [-0.2, -0.15) is 0 Å². The van der Waals surface area contributed by atoms with Gasteiger partial charge in [-0.15, -0.1) is 23.5 Å². The lowest BCUT2D eigenvalue weighted by atomic mass is 9.88. The Kier molecular flexibility index (Phi) is 7.27. The normalized spacial score (nSPS) is 24.1. The van der Waals surface area contributed by atoms with Gasteiger partial charge >= 0.3 is 0 Å². The number of hydrogen-bond acceptors (Lipinski definition) is 4. The molecule has 3 aromatic rings. The van der Waals surface area contributed by atoms with Crippen LogP contribution in [-0.2, 0) is 0 Å². The van der Waals surface area contributed by atoms with E-state index in [2.05, 4.69) is 51.5 Å². The molecular weight excluding hydrogens is 487 g/mol. The van der Waals surface area contributed by atoms with Gasteiger partial charge in [-0.1, -0.05) is 48.5 Å². The first kappa shape index (κ1) is 24.3. The molecule has 1 amide bonds. The molecule has 3 aliphatic rings. The van der Waals surface area contributed by atoms with Crippen LogP contribution in [-0.4, -0.2) is 64.5 Å². The average Bonchev–Trinajstić information content (AvgIpc) is 3.59. The Balaban J connectivity index is 1.15. The van der Waals surface area contributed by atoms with Crippen LogP contribution in [0.4, 0.5) is 4.39 Å². The summed E-state index contributed by atoms with van der Waals surface area (Å²) in [4.78, 5) is 18.5. The number of piperidine rings is 1. The van der Waals surface area contributed by atoms with Crippen molar-refractivity contribution in [2.45, 2.75) is 23.3 Å². The highest BCUT2D eigenvalue weighted by molar-refractivity contribution is 8.20. The summed E-state index contributed by atoms with van der Waals surface area (Å²) < 4.78 is 13.9. The number of rotatable bonds is 5. The van der Waals surface area contributed by atoms with Crippen LogP contribution >= 0.6 is 23.5 Å². The highest BCUT2D eigenvalue weighted by atomic mass is 32.2. The van der Waals surface area contributed by atoms with Crippen LogP contribution in [0.5, 0.6) is 0 Å². The molecule has 3 aliphatic heterocycles. The summed E-state index contributed by atoms with van der Waals surface area (Å²) in [6.45, 7) is 4.93. The molecule has 36 heavy (non-hydrogen) atoms. The fourth-order valence-corrected chi connectivity index (χ4v) is 9.59. The molecule has 6 rings (SSSR count). The van der Waals surface area contributed by atoms with Crippen molar-refractivity contribution in [3.8, 4) is 0 Å². The molecule has 3 saturated heterocycles. The molecule has 0 saturated carbocycles. The van der Waals surface area contributed by atoms with Crippen molar-refractivity contribution < 1.29 is 9.18 Å². The zero-order chi connectivity index (χ0) is 24.5. The van der Waals surface area contributed by atoms with Gasteiger partial charge in [-0.25, -0.2) is 4.39 Å². The fraction of sp³-hybridized carbons (Fsp3) is 0.433. The molecule has 2 atom stereocenters. The summed E-state index contributed by atoms with van der Waals surface area (Å²) >= 11 is 4.18. The Morgan fingerprint density at radius 1 is 0.889 bits per heavy atom. The number of benzene rings is 3. The summed E-state index contributed by atoms with van der Waals surface area (Å²) in [5.74, 6) is 4.03. The maximum absolute atomic E-state index is 13.8. The van der Waals surface area contributed by atoms with Crippen molar-refractivity contribution in [1.29, 1.82) is 0 Å². The predicted molar refractivity (Wildman–Crippen MR) is 150 cm³/mol. The van der Waals surface area contributed by atoms with Gasteiger partial charge in [0.15, 0.2) is 0 Å². The first-order valence-electron chi connectivity index (χ1n) is 13.1. The van der Waals surface area contributed by atoms with Gasteiger partial charge in [0.1, 0.15) is 5.82 Å². The Labute approximate surface area is 221 Å². The summed E-state index contributed by atoms with van der Waals surface area (Å²) in [7, 11) is 0. The lowest BCUT2D eigenvalue weighted by Crippen LogP contribution is -2.39. The van der Waals surface area contributed by atoms with Gasteiger partial charge in [0.2, 0.25) is 0 Å². The molecule has 0 aromatic heterocycles. The number of fused-ring (bicyclic) bond motifs is 1. The van der Waals surface area contributed by atoms with E-state index in [0.717, 1.165) is 61.9 Å². The minimum atomic E-state index is -0.159. The van der Waals surface area contributed by atoms with E-state index in [4.69, 9.17) is 0 Å². The average molecular weight is 521 g/mol. The predicted octanol–water partition coefficient (Wildman–Crippen LogP) is 6.35. The van der Waals surface area contributed by atoms with Crippen LogP contribution in [0.1, 0.15) is 34.7 Å². The highest BCUT2D eigenvalue weighted by Crippen LogP contribution is 2.44. The summed E-state index contributed by atoms with van der Waals surface area (Å²) in [6, 6.07) is 21.4. The van der Waals surface area contributed by atoms with Crippen molar-refractivity contribution >= 4 is 40.2 Å². The summed E-state index contributed by atoms with van der Waals surface area (Å²) in [6.07, 6.45) is 2.24. The third-order valence-electron chi connectivity index (χ3n) is 8.22. The minimum Gasteiger partial charge on any atom is -0.338 e. The van der Waals surface area contributed by atoms with E-state index in [1.807, 2.05) is 36.4 Å². The zero-order valence-corrected chi connectivity index (χ0v) is 22.2. The second-order valence-corrected chi connectivity index (χ2v) is 13.2. The third kappa shape index (κ3) is 5.05. The molecular formula is C30H33FN2OS2. The van der Waals surface area contributed by atoms with E-state index in [-0.39, 0.29) is 11.7 Å². The van der Waals surface area contributed by atoms with Gasteiger partial charge in [0.05, 0.1) is 4.58 Å². The van der Waals surface area contributed by atoms with Crippen molar-refractivity contribution in [2.24, 2.45) is 11.8 Å². The third-order valence-corrected chi connectivity index (χ3v) is 11.5. The van der Waals surface area contributed by atoms with Gasteiger partial charge in [0, 0.05) is 42.6 Å².